The van der Waals surface area contributed by atoms with Crippen molar-refractivity contribution in [2.24, 2.45) is 0 Å². The maximum atomic E-state index is 13.4. The van der Waals surface area contributed by atoms with Gasteiger partial charge in [0.2, 0.25) is 0 Å². The Bertz CT molecular complexity index is 587. The van der Waals surface area contributed by atoms with Gasteiger partial charge in [-0.05, 0) is 36.8 Å². The maximum Gasteiger partial charge on any atom is 0.123 e. The van der Waals surface area contributed by atoms with E-state index in [1.54, 1.807) is 12.1 Å². The molecule has 1 unspecified atom stereocenters. The van der Waals surface area contributed by atoms with Crippen molar-refractivity contribution in [2.75, 3.05) is 19.6 Å². The summed E-state index contributed by atoms with van der Waals surface area (Å²) in [5.41, 5.74) is 1.06. The van der Waals surface area contributed by atoms with Crippen LogP contribution in [0.25, 0.3) is 0 Å². The van der Waals surface area contributed by atoms with E-state index in [1.165, 1.54) is 15.8 Å². The Morgan fingerprint density at radius 1 is 1.33 bits per heavy atom. The number of halogens is 2. The Morgan fingerprint density at radius 3 is 2.90 bits per heavy atom. The van der Waals surface area contributed by atoms with E-state index in [0.717, 1.165) is 31.7 Å². The van der Waals surface area contributed by atoms with Gasteiger partial charge in [0, 0.05) is 42.0 Å². The highest BCUT2D eigenvalue weighted by molar-refractivity contribution is 7.11. The number of aryl methyl sites for hydroxylation is 1. The molecule has 1 aromatic heterocycles. The van der Waals surface area contributed by atoms with Crippen LogP contribution in [-0.2, 0) is 6.54 Å². The Morgan fingerprint density at radius 2 is 2.19 bits per heavy atom. The van der Waals surface area contributed by atoms with E-state index in [0.29, 0.717) is 0 Å². The normalized spacial score (nSPS) is 19.2. The fourth-order valence-electron chi connectivity index (χ4n) is 2.75. The molecule has 0 radical (unpaired) electrons. The molecule has 1 fully saturated rings. The summed E-state index contributed by atoms with van der Waals surface area (Å²) in [6.45, 7) is 5.96. The van der Waals surface area contributed by atoms with Crippen molar-refractivity contribution in [1.82, 2.24) is 10.2 Å². The first kappa shape index (κ1) is 16.4. The molecule has 0 amide bonds. The number of hydrogen-bond donors (Lipinski definition) is 1. The van der Waals surface area contributed by atoms with Gasteiger partial charge in [0.15, 0.2) is 0 Å². The molecule has 5 heteroatoms. The van der Waals surface area contributed by atoms with Crippen LogP contribution >= 0.6 is 23.7 Å². The van der Waals surface area contributed by atoms with Crippen LogP contribution < -0.4 is 5.32 Å². The van der Waals surface area contributed by atoms with Gasteiger partial charge in [-0.3, -0.25) is 4.90 Å². The first-order chi connectivity index (χ1) is 9.72. The van der Waals surface area contributed by atoms with Crippen LogP contribution in [0.15, 0.2) is 36.4 Å². The first-order valence-corrected chi connectivity index (χ1v) is 7.79. The highest BCUT2D eigenvalue weighted by Gasteiger charge is 2.24. The number of piperazine rings is 1. The topological polar surface area (TPSA) is 15.3 Å². The average molecular weight is 327 g/mol. The zero-order chi connectivity index (χ0) is 13.9. The van der Waals surface area contributed by atoms with E-state index in [-0.39, 0.29) is 24.3 Å². The molecular formula is C16H20ClFN2S. The maximum absolute atomic E-state index is 13.4. The summed E-state index contributed by atoms with van der Waals surface area (Å²) >= 11 is 1.85. The van der Waals surface area contributed by atoms with Crippen molar-refractivity contribution < 1.29 is 4.39 Å². The lowest BCUT2D eigenvalue weighted by Crippen LogP contribution is -2.45. The van der Waals surface area contributed by atoms with Gasteiger partial charge in [0.25, 0.3) is 0 Å². The molecule has 1 aromatic carbocycles. The third-order valence-electron chi connectivity index (χ3n) is 3.74. The lowest BCUT2D eigenvalue weighted by atomic mass is 10.0. The third-order valence-corrected chi connectivity index (χ3v) is 4.73. The Labute approximate surface area is 135 Å². The summed E-state index contributed by atoms with van der Waals surface area (Å²) < 4.78 is 13.4. The SMILES string of the molecule is Cc1ccc(CN2CCNCC2c2cccc(F)c2)s1.Cl. The van der Waals surface area contributed by atoms with Crippen LogP contribution in [0, 0.1) is 12.7 Å². The van der Waals surface area contributed by atoms with E-state index in [1.807, 2.05) is 17.4 Å². The lowest BCUT2D eigenvalue weighted by Gasteiger charge is -2.36. The van der Waals surface area contributed by atoms with E-state index in [9.17, 15) is 4.39 Å². The summed E-state index contributed by atoms with van der Waals surface area (Å²) in [6, 6.07) is 11.6. The quantitative estimate of drug-likeness (QED) is 0.923. The molecule has 2 heterocycles. The van der Waals surface area contributed by atoms with E-state index in [2.05, 4.69) is 29.3 Å². The largest absolute Gasteiger partial charge is 0.314 e. The van der Waals surface area contributed by atoms with Gasteiger partial charge in [-0.1, -0.05) is 12.1 Å². The minimum absolute atomic E-state index is 0. The fourth-order valence-corrected chi connectivity index (χ4v) is 3.66. The van der Waals surface area contributed by atoms with Crippen molar-refractivity contribution in [3.63, 3.8) is 0 Å². The molecule has 114 valence electrons. The van der Waals surface area contributed by atoms with Gasteiger partial charge in [0.1, 0.15) is 5.82 Å². The minimum atomic E-state index is -0.153. The van der Waals surface area contributed by atoms with Gasteiger partial charge >= 0.3 is 0 Å². The summed E-state index contributed by atoms with van der Waals surface area (Å²) in [5, 5.41) is 3.41. The fraction of sp³-hybridized carbons (Fsp3) is 0.375. The summed E-state index contributed by atoms with van der Waals surface area (Å²) in [5.74, 6) is -0.153. The van der Waals surface area contributed by atoms with Crippen molar-refractivity contribution in [3.05, 3.63) is 57.5 Å². The van der Waals surface area contributed by atoms with Gasteiger partial charge in [-0.2, -0.15) is 0 Å². The van der Waals surface area contributed by atoms with Crippen LogP contribution in [0.3, 0.4) is 0 Å². The number of thiophene rings is 1. The molecule has 0 bridgehead atoms. The van der Waals surface area contributed by atoms with Crippen LogP contribution in [0.4, 0.5) is 4.39 Å². The minimum Gasteiger partial charge on any atom is -0.314 e. The summed E-state index contributed by atoms with van der Waals surface area (Å²) in [4.78, 5) is 5.17. The molecule has 3 rings (SSSR count). The smallest absolute Gasteiger partial charge is 0.123 e. The predicted molar refractivity (Wildman–Crippen MR) is 88.7 cm³/mol. The van der Waals surface area contributed by atoms with Gasteiger partial charge in [-0.15, -0.1) is 23.7 Å². The van der Waals surface area contributed by atoms with Crippen LogP contribution in [0.1, 0.15) is 21.4 Å². The molecule has 0 saturated carbocycles. The second-order valence-electron chi connectivity index (χ2n) is 5.26. The van der Waals surface area contributed by atoms with Crippen molar-refractivity contribution in [3.8, 4) is 0 Å². The first-order valence-electron chi connectivity index (χ1n) is 6.98. The van der Waals surface area contributed by atoms with Crippen molar-refractivity contribution in [1.29, 1.82) is 0 Å². The second kappa shape index (κ2) is 7.36. The van der Waals surface area contributed by atoms with E-state index in [4.69, 9.17) is 0 Å². The molecule has 1 saturated heterocycles. The molecule has 0 spiro atoms. The zero-order valence-corrected chi connectivity index (χ0v) is 13.6. The molecule has 1 aliphatic rings. The van der Waals surface area contributed by atoms with Gasteiger partial charge in [-0.25, -0.2) is 4.39 Å². The molecule has 1 N–H and O–H groups in total. The monoisotopic (exact) mass is 326 g/mol. The lowest BCUT2D eigenvalue weighted by molar-refractivity contribution is 0.155. The second-order valence-corrected chi connectivity index (χ2v) is 6.63. The Kier molecular flexibility index (Phi) is 5.76. The Hall–Kier alpha value is -0.940. The molecule has 1 aliphatic heterocycles. The molecule has 1 atom stereocenters. The van der Waals surface area contributed by atoms with Gasteiger partial charge < -0.3 is 5.32 Å². The van der Waals surface area contributed by atoms with E-state index < -0.39 is 0 Å². The standard InChI is InChI=1S/C16H19FN2S.ClH/c1-12-5-6-15(20-12)11-19-8-7-18-10-16(19)13-3-2-4-14(17)9-13;/h2-6,9,16,18H,7-8,10-11H2,1H3;1H. The van der Waals surface area contributed by atoms with E-state index >= 15 is 0 Å². The average Bonchev–Trinajstić information content (AvgIpc) is 2.85. The molecule has 21 heavy (non-hydrogen) atoms. The third kappa shape index (κ3) is 4.04. The number of nitrogens with one attached hydrogen (secondary N) is 1. The van der Waals surface area contributed by atoms with Crippen molar-refractivity contribution >= 4 is 23.7 Å². The number of rotatable bonds is 3. The number of nitrogens with zero attached hydrogens (tertiary/aromatic N) is 1. The highest BCUT2D eigenvalue weighted by atomic mass is 35.5. The number of benzene rings is 1. The summed E-state index contributed by atoms with van der Waals surface area (Å²) in [7, 11) is 0. The van der Waals surface area contributed by atoms with Crippen LogP contribution in [-0.4, -0.2) is 24.5 Å². The van der Waals surface area contributed by atoms with Crippen LogP contribution in [0.5, 0.6) is 0 Å². The van der Waals surface area contributed by atoms with Crippen molar-refractivity contribution in [2.45, 2.75) is 19.5 Å². The summed E-state index contributed by atoms with van der Waals surface area (Å²) in [6.07, 6.45) is 0. The molecule has 0 aliphatic carbocycles. The predicted octanol–water partition coefficient (Wildman–Crippen LogP) is 3.76. The molecule has 2 aromatic rings. The number of hydrogen-bond acceptors (Lipinski definition) is 3. The zero-order valence-electron chi connectivity index (χ0n) is 12.0. The highest BCUT2D eigenvalue weighted by Crippen LogP contribution is 2.26. The Balaban J connectivity index is 0.00000161. The molecule has 2 nitrogen and oxygen atoms in total. The van der Waals surface area contributed by atoms with Gasteiger partial charge in [0.05, 0.1) is 0 Å². The van der Waals surface area contributed by atoms with Crippen LogP contribution in [0.2, 0.25) is 0 Å². The molecular weight excluding hydrogens is 307 g/mol.